The van der Waals surface area contributed by atoms with Crippen LogP contribution in [0.15, 0.2) is 178 Å². The zero-order valence-corrected chi connectivity index (χ0v) is 68.1. The summed E-state index contributed by atoms with van der Waals surface area (Å²) in [6.07, 6.45) is 7.20. The molecule has 0 bridgehead atoms. The lowest BCUT2D eigenvalue weighted by Gasteiger charge is -2.41. The molecule has 15 rings (SSSR count). The molecular formula is C87H94BBrN4O16S3. The second kappa shape index (κ2) is 38.0. The van der Waals surface area contributed by atoms with Gasteiger partial charge in [-0.15, -0.1) is 34.0 Å². The van der Waals surface area contributed by atoms with E-state index in [1.807, 2.05) is 38.2 Å². The van der Waals surface area contributed by atoms with Crippen molar-refractivity contribution in [3.8, 4) is 0 Å². The molecule has 586 valence electrons. The van der Waals surface area contributed by atoms with Crippen molar-refractivity contribution in [2.24, 2.45) is 9.98 Å². The first-order valence-electron chi connectivity index (χ1n) is 37.8. The Morgan fingerprint density at radius 1 is 0.527 bits per heavy atom. The summed E-state index contributed by atoms with van der Waals surface area (Å²) in [7, 11) is -1.43. The molecular weight excluding hydrogens is 1540 g/mol. The number of aryl methyl sites for hydroxylation is 3. The van der Waals surface area contributed by atoms with Crippen LogP contribution in [0, 0.1) is 20.8 Å². The lowest BCUT2D eigenvalue weighted by molar-refractivity contribution is -0.208. The molecule has 5 aliphatic heterocycles. The summed E-state index contributed by atoms with van der Waals surface area (Å²) < 4.78 is 46.6. The fourth-order valence-corrected chi connectivity index (χ4v) is 18.9. The average Bonchev–Trinajstić information content (AvgIpc) is 1.12. The summed E-state index contributed by atoms with van der Waals surface area (Å²) in [6, 6.07) is 46.1. The lowest BCUT2D eigenvalue weighted by Crippen LogP contribution is -2.48. The van der Waals surface area contributed by atoms with E-state index in [0.29, 0.717) is 31.5 Å². The minimum absolute atomic E-state index is 0.111. The highest BCUT2D eigenvalue weighted by molar-refractivity contribution is 9.10. The van der Waals surface area contributed by atoms with Gasteiger partial charge in [-0.2, -0.15) is 5.10 Å². The molecule has 5 aliphatic rings. The minimum atomic E-state index is -1.43. The Kier molecular flexibility index (Phi) is 28.1. The molecule has 0 unspecified atom stereocenters. The zero-order chi connectivity index (χ0) is 79.4. The first-order valence-corrected chi connectivity index (χ1v) is 41.0. The third kappa shape index (κ3) is 20.5. The molecule has 0 amide bonds. The number of allylic oxidation sites excluding steroid dienone is 2. The predicted molar refractivity (Wildman–Crippen MR) is 443 cm³/mol. The van der Waals surface area contributed by atoms with Crippen LogP contribution < -0.4 is 5.59 Å². The molecule has 0 aliphatic carbocycles. The van der Waals surface area contributed by atoms with Gasteiger partial charge in [0.25, 0.3) is 0 Å². The van der Waals surface area contributed by atoms with Crippen molar-refractivity contribution < 1.29 is 77.7 Å². The molecule has 20 nitrogen and oxygen atoms in total. The fourth-order valence-electron chi connectivity index (χ4n) is 14.9. The van der Waals surface area contributed by atoms with Crippen molar-refractivity contribution >= 4 is 128 Å². The zero-order valence-electron chi connectivity index (χ0n) is 64.0. The molecule has 0 radical (unpaired) electrons. The lowest BCUT2D eigenvalue weighted by atomic mass is 9.85. The van der Waals surface area contributed by atoms with Crippen LogP contribution in [0.4, 0.5) is 0 Å². The number of fused-ring (bicyclic) bond motifs is 3. The Hall–Kier alpha value is -8.67. The van der Waals surface area contributed by atoms with Crippen LogP contribution in [-0.4, -0.2) is 153 Å². The van der Waals surface area contributed by atoms with E-state index in [1.165, 1.54) is 96.0 Å². The molecule has 3 fully saturated rings. The maximum Gasteiger partial charge on any atom is 0.507 e. The maximum absolute atomic E-state index is 12.2. The molecule has 0 saturated carbocycles. The van der Waals surface area contributed by atoms with Gasteiger partial charge in [0.05, 0.1) is 61.1 Å². The number of benzene rings is 6. The van der Waals surface area contributed by atoms with Crippen molar-refractivity contribution in [3.63, 3.8) is 0 Å². The van der Waals surface area contributed by atoms with Gasteiger partial charge in [-0.1, -0.05) is 115 Å². The van der Waals surface area contributed by atoms with E-state index in [4.69, 9.17) is 48.2 Å². The molecule has 6 N–H and O–H groups in total. The van der Waals surface area contributed by atoms with Crippen LogP contribution in [0.25, 0.3) is 30.3 Å². The summed E-state index contributed by atoms with van der Waals surface area (Å²) in [5.41, 5.74) is 13.5. The van der Waals surface area contributed by atoms with E-state index >= 15 is 0 Å². The van der Waals surface area contributed by atoms with Gasteiger partial charge in [-0.3, -0.25) is 34.3 Å². The number of rotatable bonds is 19. The fraction of sp³-hybridized carbons (Fsp3) is 0.368. The van der Waals surface area contributed by atoms with Gasteiger partial charge in [-0.25, -0.2) is 0 Å². The minimum Gasteiger partial charge on any atom is -0.458 e. The second-order valence-electron chi connectivity index (χ2n) is 28.7. The summed E-state index contributed by atoms with van der Waals surface area (Å²) in [6.45, 7) is 17.0. The van der Waals surface area contributed by atoms with Crippen molar-refractivity contribution in [2.45, 2.75) is 187 Å². The quantitative estimate of drug-likeness (QED) is 0.0249. The van der Waals surface area contributed by atoms with E-state index < -0.39 is 92.0 Å². The van der Waals surface area contributed by atoms with Crippen LogP contribution in [0.5, 0.6) is 0 Å². The number of halogens is 1. The van der Waals surface area contributed by atoms with Crippen LogP contribution in [0.2, 0.25) is 0 Å². The number of aliphatic imine (C=N–C) groups is 2. The number of hydrogen-bond donors (Lipinski definition) is 6. The maximum atomic E-state index is 12.2. The molecule has 6 aromatic carbocycles. The summed E-state index contributed by atoms with van der Waals surface area (Å²) in [5.74, 6) is -1.67. The third-order valence-corrected chi connectivity index (χ3v) is 24.5. The number of aromatic nitrogens is 2. The topological polar surface area (TPSA) is 287 Å². The number of esters is 4. The molecule has 4 aromatic heterocycles. The van der Waals surface area contributed by atoms with Gasteiger partial charge in [-0.05, 0) is 173 Å². The number of nitrogens with one attached hydrogen (secondary N) is 1. The Bertz CT molecular complexity index is 5030. The van der Waals surface area contributed by atoms with Gasteiger partial charge in [0.2, 0.25) is 0 Å². The smallest absolute Gasteiger partial charge is 0.458 e. The highest BCUT2D eigenvalue weighted by Gasteiger charge is 2.47. The molecule has 112 heavy (non-hydrogen) atoms. The number of nitrogens with zero attached hydrogens (tertiary/aromatic N) is 3. The van der Waals surface area contributed by atoms with Crippen LogP contribution in [0.3, 0.4) is 0 Å². The molecule has 12 atom stereocenters. The summed E-state index contributed by atoms with van der Waals surface area (Å²) >= 11 is 9.10. The van der Waals surface area contributed by atoms with Crippen LogP contribution in [0.1, 0.15) is 168 Å². The van der Waals surface area contributed by atoms with Gasteiger partial charge >= 0.3 is 31.0 Å². The summed E-state index contributed by atoms with van der Waals surface area (Å²) in [5, 5.41) is 57.3. The van der Waals surface area contributed by atoms with Gasteiger partial charge < -0.3 is 58.5 Å². The Balaban J connectivity index is 0.000000148. The van der Waals surface area contributed by atoms with Gasteiger partial charge in [0, 0.05) is 117 Å². The highest BCUT2D eigenvalue weighted by atomic mass is 79.9. The number of H-pyrrole nitrogens is 1. The monoisotopic (exact) mass is 1640 g/mol. The first kappa shape index (κ1) is 82.8. The number of carbonyl (C=O) groups is 4. The number of ether oxygens (including phenoxy) is 7. The number of aromatic amines is 1. The molecule has 3 saturated heterocycles. The SMILES string of the molecule is CC[C@@H]1C[C@H](OC(C)=O)[C@@H](OC(C)=O)[C@H](c2cc(Cc3cc4ccccc4s3)c(C)cc2Br)O1.CC[C@@H]1C[C@H](OC(C)=O)[C@@H](OC(C)=O)[C@H](c2cc(Cc3cc4ccccc4s3)c(C)cc2C2=NCC=C2)O1.Cc1cc(C2=NCC=C2)c([C@@H]2O[C@H](CO)C[C@H](O)[C@H]2O)cc1Cc1cc2ccccc2s1.OB(O)c1ccn[nH]1. The van der Waals surface area contributed by atoms with E-state index in [-0.39, 0.29) is 25.2 Å². The van der Waals surface area contributed by atoms with Crippen LogP contribution in [-0.2, 0) is 71.6 Å². The van der Waals surface area contributed by atoms with E-state index in [1.54, 1.807) is 34.0 Å². The van der Waals surface area contributed by atoms with Crippen molar-refractivity contribution in [3.05, 3.63) is 244 Å². The summed E-state index contributed by atoms with van der Waals surface area (Å²) in [4.78, 5) is 61.1. The van der Waals surface area contributed by atoms with E-state index in [0.717, 1.165) is 98.1 Å². The van der Waals surface area contributed by atoms with Gasteiger partial charge in [0.1, 0.15) is 36.6 Å². The average molecular weight is 1640 g/mol. The molecule has 25 heteroatoms. The molecule has 10 aromatic rings. The van der Waals surface area contributed by atoms with E-state index in [9.17, 15) is 34.5 Å². The number of aliphatic hydroxyl groups is 3. The normalized spacial score (nSPS) is 22.5. The number of hydrogen-bond acceptors (Lipinski definition) is 22. The number of carbonyl (C=O) groups excluding carboxylic acids is 4. The third-order valence-electron chi connectivity index (χ3n) is 20.5. The Labute approximate surface area is 672 Å². The molecule has 0 spiro atoms. The highest BCUT2D eigenvalue weighted by Crippen LogP contribution is 2.44. The standard InChI is InChI=1S/C31H33NO5S.C27H29BrO5S.C26H27NO4S.C3H5BN2O2/c1-5-23-17-28(35-19(3)33)31(36-20(4)34)30(37-23)26-16-22(18(2)13-25(26)27-10-8-12-32-27)15-24-14-21-9-6-7-11-29(21)38-24;1-5-20-14-24(31-16(3)29)27(32-17(4)30)26(33-20)22-13-19(15(2)10-23(22)28)12-21-11-18-8-6-7-9-25(18)34-21;1-15-9-20(22-6-4-8-27-22)21(26-25(30)23(29)13-18(14-28)31-26)12-17(15)11-19-10-16-5-2-3-7-24(16)32-19;7-4(8)3-1-2-5-6-3/h6-11,13-14,16,23,28,30-31H,5,12,15,17H2,1-4H3;6-11,13,20,24,26-27H,5,12,14H2,1-4H3;2-7,9-10,12,18,23,25-26,28-30H,8,11,13-14H2,1H3;1-2,7-8H,(H,5,6)/t23-,28+,30+,31-;20-,24+,26+,27-;18-,23-,25+,26-;/m110./s1. The first-order chi connectivity index (χ1) is 53.9. The van der Waals surface area contributed by atoms with Crippen molar-refractivity contribution in [2.75, 3.05) is 19.7 Å². The molecule has 9 heterocycles. The van der Waals surface area contributed by atoms with Crippen molar-refractivity contribution in [1.29, 1.82) is 0 Å². The van der Waals surface area contributed by atoms with Crippen molar-refractivity contribution in [1.82, 2.24) is 10.2 Å². The Morgan fingerprint density at radius 2 is 0.929 bits per heavy atom. The Morgan fingerprint density at radius 3 is 1.29 bits per heavy atom. The second-order valence-corrected chi connectivity index (χ2v) is 33.1. The predicted octanol–water partition coefficient (Wildman–Crippen LogP) is 14.7. The number of thiophene rings is 3. The van der Waals surface area contributed by atoms with Crippen LogP contribution >= 0.6 is 49.9 Å². The largest absolute Gasteiger partial charge is 0.507 e. The number of aliphatic hydroxyl groups excluding tert-OH is 3. The van der Waals surface area contributed by atoms with E-state index in [2.05, 4.69) is 179 Å². The van der Waals surface area contributed by atoms with Gasteiger partial charge in [0.15, 0.2) is 12.2 Å².